The molecular weight excluding hydrogens is 897 g/mol. The average molecular weight is 952 g/mol. The first-order chi connectivity index (χ1) is 31.4. The number of aromatic nitrogens is 4. The zero-order valence-corrected chi connectivity index (χ0v) is 38.6. The number of hydrogen-bond donors (Lipinski definition) is 3. The molecule has 3 amide bonds. The lowest BCUT2D eigenvalue weighted by Crippen LogP contribution is -2.47. The van der Waals surface area contributed by atoms with Crippen LogP contribution in [-0.4, -0.2) is 81.3 Å². The standard InChI is InChI=1S/C25H31Cl2N5O.C22H24ClF2N5O2/c26-19-7-9-21(27)18(13-19)16-32-12-4-5-22-23(32)15-24(30-29-22)28-20-8-6-17(14-20)25(33)31-10-2-1-3-11-31;23-20-13(14(24)7-8-15(20)25)11-30-9-3-6-17-19(30)10-18(29-28-17)22(32)27-16-5-2-1-4-12(16)21(26)31/h7,9,13,15,17,20H,1-6,8,10-12,14,16H2,(H,28,30);7-8,10,12,16H,1-6,9,11H2,(H2,26,31)(H,27,32). The molecule has 5 heterocycles. The lowest BCUT2D eigenvalue weighted by molar-refractivity contribution is -0.136. The van der Waals surface area contributed by atoms with Gasteiger partial charge in [0, 0.05) is 78.9 Å². The van der Waals surface area contributed by atoms with E-state index in [-0.39, 0.29) is 40.8 Å². The number of amides is 3. The van der Waals surface area contributed by atoms with E-state index < -0.39 is 29.4 Å². The molecule has 4 N–H and O–H groups in total. The second kappa shape index (κ2) is 21.2. The van der Waals surface area contributed by atoms with Gasteiger partial charge in [-0.25, -0.2) is 8.78 Å². The molecule has 0 bridgehead atoms. The van der Waals surface area contributed by atoms with Crippen LogP contribution in [0.5, 0.6) is 0 Å². The van der Waals surface area contributed by atoms with Gasteiger partial charge in [-0.1, -0.05) is 47.6 Å². The SMILES string of the molecule is NC(=O)C1CCCCC1NC(=O)c1cc2c(nn1)CCCN2Cc1c(F)ccc(F)c1Cl.O=C(C1CCC(Nc2cc3c(nn2)CCCN3Cc2cc(Cl)ccc2Cl)C1)N1CCCCC1. The Hall–Kier alpha value is -4.86. The fraction of sp³-hybridized carbons (Fsp3) is 0.511. The number of carbonyl (C=O) groups is 3. The highest BCUT2D eigenvalue weighted by molar-refractivity contribution is 6.33. The van der Waals surface area contributed by atoms with Gasteiger partial charge in [0.2, 0.25) is 11.8 Å². The van der Waals surface area contributed by atoms with Crippen molar-refractivity contribution in [2.45, 2.75) is 115 Å². The predicted octanol–water partition coefficient (Wildman–Crippen LogP) is 8.46. The number of aryl methyl sites for hydroxylation is 2. The Morgan fingerprint density at radius 2 is 1.42 bits per heavy atom. The number of carbonyl (C=O) groups excluding carboxylic acids is 3. The Kier molecular flexibility index (Phi) is 15.2. The highest BCUT2D eigenvalue weighted by atomic mass is 35.5. The first-order valence-electron chi connectivity index (χ1n) is 22.9. The third-order valence-corrected chi connectivity index (χ3v) is 14.4. The van der Waals surface area contributed by atoms with Gasteiger partial charge in [0.05, 0.1) is 33.7 Å². The highest BCUT2D eigenvalue weighted by Crippen LogP contribution is 2.35. The fourth-order valence-electron chi connectivity index (χ4n) is 9.92. The van der Waals surface area contributed by atoms with E-state index in [1.807, 2.05) is 23.1 Å². The number of nitrogens with zero attached hydrogens (tertiary/aromatic N) is 7. The quantitative estimate of drug-likeness (QED) is 0.132. The van der Waals surface area contributed by atoms with Crippen LogP contribution in [0.15, 0.2) is 42.5 Å². The van der Waals surface area contributed by atoms with E-state index in [2.05, 4.69) is 46.9 Å². The molecule has 2 saturated carbocycles. The van der Waals surface area contributed by atoms with Crippen LogP contribution in [0.1, 0.15) is 110 Å². The number of hydrogen-bond acceptors (Lipinski definition) is 10. The number of halogens is 5. The monoisotopic (exact) mass is 950 g/mol. The van der Waals surface area contributed by atoms with Crippen LogP contribution in [0.3, 0.4) is 0 Å². The molecule has 5 aliphatic rings. The van der Waals surface area contributed by atoms with Gasteiger partial charge in [-0.05, 0) is 119 Å². The van der Waals surface area contributed by atoms with Crippen molar-refractivity contribution < 1.29 is 23.2 Å². The van der Waals surface area contributed by atoms with E-state index >= 15 is 0 Å². The molecule has 2 aromatic heterocycles. The Morgan fingerprint density at radius 1 is 0.723 bits per heavy atom. The van der Waals surface area contributed by atoms with Crippen molar-refractivity contribution in [3.63, 3.8) is 0 Å². The van der Waals surface area contributed by atoms with E-state index in [9.17, 15) is 23.2 Å². The van der Waals surface area contributed by atoms with Crippen LogP contribution in [-0.2, 0) is 35.5 Å². The van der Waals surface area contributed by atoms with Crippen molar-refractivity contribution in [3.8, 4) is 0 Å². The second-order valence-corrected chi connectivity index (χ2v) is 19.1. The summed E-state index contributed by atoms with van der Waals surface area (Å²) in [6, 6.07) is 11.3. The minimum atomic E-state index is -0.690. The number of likely N-dealkylation sites (tertiary alicyclic amines) is 1. The Morgan fingerprint density at radius 3 is 2.17 bits per heavy atom. The van der Waals surface area contributed by atoms with Crippen molar-refractivity contribution in [2.75, 3.05) is 41.3 Å². The number of piperidine rings is 1. The number of rotatable bonds is 10. The molecule has 4 unspecified atom stereocenters. The van der Waals surface area contributed by atoms with Crippen LogP contribution in [0.4, 0.5) is 26.0 Å². The average Bonchev–Trinajstić information content (AvgIpc) is 3.79. The molecule has 9 rings (SSSR count). The molecule has 0 spiro atoms. The van der Waals surface area contributed by atoms with Crippen LogP contribution in [0.2, 0.25) is 15.1 Å². The molecule has 346 valence electrons. The molecule has 65 heavy (non-hydrogen) atoms. The molecule has 18 heteroatoms. The molecule has 13 nitrogen and oxygen atoms in total. The maximum absolute atomic E-state index is 14.3. The summed E-state index contributed by atoms with van der Waals surface area (Å²) in [7, 11) is 0. The van der Waals surface area contributed by atoms with Gasteiger partial charge in [-0.15, -0.1) is 10.2 Å². The highest BCUT2D eigenvalue weighted by Gasteiger charge is 2.34. The summed E-state index contributed by atoms with van der Waals surface area (Å²) in [4.78, 5) is 43.7. The Bertz CT molecular complexity index is 2390. The van der Waals surface area contributed by atoms with Gasteiger partial charge in [0.1, 0.15) is 11.6 Å². The van der Waals surface area contributed by atoms with Crippen molar-refractivity contribution in [3.05, 3.63) is 97.4 Å². The number of primary amides is 1. The molecular formula is C47H55Cl3F2N10O3. The Balaban J connectivity index is 0.000000177. The van der Waals surface area contributed by atoms with Crippen LogP contribution < -0.4 is 26.2 Å². The maximum Gasteiger partial charge on any atom is 0.272 e. The van der Waals surface area contributed by atoms with Gasteiger partial charge >= 0.3 is 0 Å². The van der Waals surface area contributed by atoms with E-state index in [1.165, 1.54) is 6.42 Å². The molecule has 2 aromatic carbocycles. The summed E-state index contributed by atoms with van der Waals surface area (Å²) < 4.78 is 28.2. The van der Waals surface area contributed by atoms with Gasteiger partial charge in [0.25, 0.3) is 5.91 Å². The van der Waals surface area contributed by atoms with Crippen LogP contribution in [0.25, 0.3) is 0 Å². The summed E-state index contributed by atoms with van der Waals surface area (Å²) in [5.41, 5.74) is 10.1. The summed E-state index contributed by atoms with van der Waals surface area (Å²) >= 11 is 18.6. The van der Waals surface area contributed by atoms with Crippen molar-refractivity contribution in [2.24, 2.45) is 17.6 Å². The molecule has 0 radical (unpaired) electrons. The third kappa shape index (κ3) is 11.2. The van der Waals surface area contributed by atoms with Gasteiger partial charge < -0.3 is 31.1 Å². The first kappa shape index (κ1) is 46.7. The minimum absolute atomic E-state index is 0.0363. The van der Waals surface area contributed by atoms with Crippen molar-refractivity contribution in [1.29, 1.82) is 0 Å². The number of benzene rings is 2. The minimum Gasteiger partial charge on any atom is -0.369 e. The van der Waals surface area contributed by atoms with Gasteiger partial charge in [0.15, 0.2) is 11.5 Å². The number of fused-ring (bicyclic) bond motifs is 2. The first-order valence-corrected chi connectivity index (χ1v) is 24.0. The fourth-order valence-corrected chi connectivity index (χ4v) is 10.5. The van der Waals surface area contributed by atoms with Crippen LogP contribution in [0, 0.1) is 23.5 Å². The lowest BCUT2D eigenvalue weighted by Gasteiger charge is -2.31. The lowest BCUT2D eigenvalue weighted by atomic mass is 9.84. The zero-order valence-electron chi connectivity index (χ0n) is 36.3. The molecule has 3 fully saturated rings. The number of anilines is 3. The normalized spacial score (nSPS) is 21.7. The number of nitrogens with one attached hydrogen (secondary N) is 2. The largest absolute Gasteiger partial charge is 0.369 e. The molecule has 1 saturated heterocycles. The van der Waals surface area contributed by atoms with E-state index in [4.69, 9.17) is 40.5 Å². The maximum atomic E-state index is 14.3. The van der Waals surface area contributed by atoms with E-state index in [0.717, 1.165) is 124 Å². The van der Waals surface area contributed by atoms with Crippen molar-refractivity contribution in [1.82, 2.24) is 30.6 Å². The summed E-state index contributed by atoms with van der Waals surface area (Å²) in [6.07, 6.45) is 12.8. The third-order valence-electron chi connectivity index (χ3n) is 13.4. The molecule has 3 aliphatic heterocycles. The van der Waals surface area contributed by atoms with Gasteiger partial charge in [-0.3, -0.25) is 14.4 Å². The number of nitrogens with two attached hydrogens (primary N) is 1. The van der Waals surface area contributed by atoms with Crippen molar-refractivity contribution >= 4 is 69.7 Å². The van der Waals surface area contributed by atoms with E-state index in [0.29, 0.717) is 54.7 Å². The summed E-state index contributed by atoms with van der Waals surface area (Å²) in [5.74, 6) is -1.30. The molecule has 2 aliphatic carbocycles. The summed E-state index contributed by atoms with van der Waals surface area (Å²) in [5, 5.41) is 24.8. The van der Waals surface area contributed by atoms with E-state index in [1.54, 1.807) is 6.07 Å². The Labute approximate surface area is 393 Å². The predicted molar refractivity (Wildman–Crippen MR) is 248 cm³/mol. The van der Waals surface area contributed by atoms with Crippen LogP contribution >= 0.6 is 34.8 Å². The molecule has 4 atom stereocenters. The zero-order chi connectivity index (χ0) is 45.6. The van der Waals surface area contributed by atoms with Gasteiger partial charge in [-0.2, -0.15) is 10.2 Å². The molecule has 4 aromatic rings. The smallest absolute Gasteiger partial charge is 0.272 e. The topological polar surface area (TPSA) is 163 Å². The summed E-state index contributed by atoms with van der Waals surface area (Å²) in [6.45, 7) is 4.09. The second-order valence-electron chi connectivity index (χ2n) is 17.8.